The number of benzene rings is 1. The Hall–Kier alpha value is -2.25. The van der Waals surface area contributed by atoms with Crippen molar-refractivity contribution < 1.29 is 48.1 Å². The normalized spacial score (nSPS) is 24.9. The minimum atomic E-state index is -4.85. The molecule has 1 aliphatic heterocycles. The Balaban J connectivity index is 1.68. The Kier molecular flexibility index (Phi) is 7.64. The predicted molar refractivity (Wildman–Crippen MR) is 112 cm³/mol. The van der Waals surface area contributed by atoms with Crippen molar-refractivity contribution in [2.75, 3.05) is 17.8 Å². The number of amides is 1. The number of aliphatic hydroxyl groups is 2. The number of nitrogens with zero attached hydrogens (tertiary/aromatic N) is 2. The molecule has 0 radical (unpaired) electrons. The maximum absolute atomic E-state index is 12.4. The fourth-order valence-corrected chi connectivity index (χ4v) is 5.58. The van der Waals surface area contributed by atoms with E-state index in [2.05, 4.69) is 14.8 Å². The van der Waals surface area contributed by atoms with Crippen LogP contribution in [0.25, 0.3) is 0 Å². The first-order valence-corrected chi connectivity index (χ1v) is 12.9. The molecule has 0 aliphatic carbocycles. The molecule has 1 amide bonds. The van der Waals surface area contributed by atoms with Gasteiger partial charge in [-0.25, -0.2) is 4.79 Å². The number of aromatic nitrogens is 2. The number of carbonyl (C=O) groups excluding carboxylic acids is 1. The Morgan fingerprint density at radius 2 is 1.79 bits per heavy atom. The van der Waals surface area contributed by atoms with Crippen molar-refractivity contribution >= 4 is 26.9 Å². The Morgan fingerprint density at radius 3 is 2.39 bits per heavy atom. The summed E-state index contributed by atoms with van der Waals surface area (Å²) < 4.78 is 33.4. The van der Waals surface area contributed by atoms with E-state index in [1.165, 1.54) is 6.07 Å². The Labute approximate surface area is 186 Å². The maximum Gasteiger partial charge on any atom is 0.351 e. The van der Waals surface area contributed by atoms with Crippen molar-refractivity contribution in [3.05, 3.63) is 58.6 Å². The zero-order chi connectivity index (χ0) is 24.4. The van der Waals surface area contributed by atoms with Crippen LogP contribution in [-0.2, 0) is 18.4 Å². The van der Waals surface area contributed by atoms with Crippen molar-refractivity contribution in [2.24, 2.45) is 0 Å². The largest absolute Gasteiger partial charge is 0.387 e. The topological polar surface area (TPSA) is 218 Å². The molecule has 16 heteroatoms. The van der Waals surface area contributed by atoms with E-state index >= 15 is 0 Å². The molecular formula is C17H21N3O11P2. The molecule has 1 aliphatic rings. The van der Waals surface area contributed by atoms with Crippen molar-refractivity contribution in [3.8, 4) is 0 Å². The molecule has 0 spiro atoms. The van der Waals surface area contributed by atoms with Gasteiger partial charge in [0.2, 0.25) is 0 Å². The Morgan fingerprint density at radius 1 is 1.12 bits per heavy atom. The van der Waals surface area contributed by atoms with E-state index in [-0.39, 0.29) is 5.82 Å². The number of aliphatic hydroxyl groups excluding tert-OH is 2. The third kappa shape index (κ3) is 6.64. The van der Waals surface area contributed by atoms with Crippen molar-refractivity contribution in [1.29, 1.82) is 0 Å². The lowest BCUT2D eigenvalue weighted by atomic mass is 10.1. The molecule has 1 saturated heterocycles. The number of hydrogen-bond acceptors (Lipinski definition) is 9. The van der Waals surface area contributed by atoms with Gasteiger partial charge in [0.05, 0.1) is 6.61 Å². The fraction of sp³-hybridized carbons (Fsp3) is 0.353. The van der Waals surface area contributed by atoms with Gasteiger partial charge in [-0.3, -0.25) is 18.5 Å². The predicted octanol–water partition coefficient (Wildman–Crippen LogP) is -0.548. The minimum Gasteiger partial charge on any atom is -0.387 e. The summed E-state index contributed by atoms with van der Waals surface area (Å²) in [7, 11) is -9.57. The average molecular weight is 505 g/mol. The van der Waals surface area contributed by atoms with Crippen LogP contribution in [0.1, 0.15) is 16.6 Å². The van der Waals surface area contributed by atoms with Gasteiger partial charge in [-0.1, -0.05) is 18.2 Å². The van der Waals surface area contributed by atoms with Gasteiger partial charge in [0.15, 0.2) is 12.1 Å². The van der Waals surface area contributed by atoms with E-state index in [1.54, 1.807) is 30.3 Å². The van der Waals surface area contributed by atoms with Crippen LogP contribution in [-0.4, -0.2) is 71.2 Å². The summed E-state index contributed by atoms with van der Waals surface area (Å²) in [6.07, 6.45) is -5.01. The van der Waals surface area contributed by atoms with Gasteiger partial charge in [0.1, 0.15) is 24.1 Å². The number of carbonyl (C=O) groups is 1. The number of ether oxygens (including phenoxy) is 1. The summed E-state index contributed by atoms with van der Waals surface area (Å²) in [5, 5.41) is 22.8. The van der Waals surface area contributed by atoms with Crippen LogP contribution in [0.3, 0.4) is 0 Å². The SMILES string of the molecule is O=C(Nc1ccn([C@@H]2O[C@H](COP(=O)(O)CP(=O)(O)O)[C@@H](O)[C@H]2O)c(=O)n1)c1ccccc1. The molecule has 0 bridgehead atoms. The first-order chi connectivity index (χ1) is 15.4. The summed E-state index contributed by atoms with van der Waals surface area (Å²) in [4.78, 5) is 55.4. The lowest BCUT2D eigenvalue weighted by Gasteiger charge is -2.18. The molecule has 1 fully saturated rings. The van der Waals surface area contributed by atoms with Gasteiger partial charge in [-0.15, -0.1) is 0 Å². The highest BCUT2D eigenvalue weighted by molar-refractivity contribution is 7.70. The van der Waals surface area contributed by atoms with Gasteiger partial charge in [0.25, 0.3) is 5.91 Å². The van der Waals surface area contributed by atoms with E-state index in [0.29, 0.717) is 5.56 Å². The van der Waals surface area contributed by atoms with Gasteiger partial charge in [-0.2, -0.15) is 4.98 Å². The number of anilines is 1. The van der Waals surface area contributed by atoms with Gasteiger partial charge in [0, 0.05) is 11.8 Å². The van der Waals surface area contributed by atoms with Crippen LogP contribution in [0.5, 0.6) is 0 Å². The molecule has 1 aromatic carbocycles. The lowest BCUT2D eigenvalue weighted by molar-refractivity contribution is -0.0523. The van der Waals surface area contributed by atoms with E-state index < -0.39 is 63.8 Å². The Bertz CT molecular complexity index is 1150. The minimum absolute atomic E-state index is 0.0725. The summed E-state index contributed by atoms with van der Waals surface area (Å²) in [5.41, 5.74) is -0.600. The molecule has 1 aromatic heterocycles. The van der Waals surface area contributed by atoms with Crippen LogP contribution < -0.4 is 11.0 Å². The average Bonchev–Trinajstić information content (AvgIpc) is 3.00. The maximum atomic E-state index is 12.4. The highest BCUT2D eigenvalue weighted by atomic mass is 31.2. The second-order valence-corrected chi connectivity index (χ2v) is 11.1. The lowest BCUT2D eigenvalue weighted by Crippen LogP contribution is -2.36. The second kappa shape index (κ2) is 9.94. The number of nitrogens with one attached hydrogen (secondary N) is 1. The summed E-state index contributed by atoms with van der Waals surface area (Å²) in [6, 6.07) is 9.43. The van der Waals surface area contributed by atoms with Crippen LogP contribution >= 0.6 is 15.2 Å². The quantitative estimate of drug-likeness (QED) is 0.249. The van der Waals surface area contributed by atoms with Gasteiger partial charge in [-0.05, 0) is 18.2 Å². The molecule has 6 N–H and O–H groups in total. The number of rotatable bonds is 8. The molecular weight excluding hydrogens is 484 g/mol. The smallest absolute Gasteiger partial charge is 0.351 e. The van der Waals surface area contributed by atoms with Crippen molar-refractivity contribution in [1.82, 2.24) is 9.55 Å². The monoisotopic (exact) mass is 505 g/mol. The van der Waals surface area contributed by atoms with Crippen LogP contribution in [0, 0.1) is 0 Å². The molecule has 1 unspecified atom stereocenters. The molecule has 33 heavy (non-hydrogen) atoms. The molecule has 5 atom stereocenters. The fourth-order valence-electron chi connectivity index (χ4n) is 3.01. The molecule has 2 heterocycles. The van der Waals surface area contributed by atoms with Crippen LogP contribution in [0.4, 0.5) is 5.82 Å². The molecule has 180 valence electrons. The van der Waals surface area contributed by atoms with Gasteiger partial charge >= 0.3 is 20.9 Å². The van der Waals surface area contributed by atoms with E-state index in [9.17, 15) is 33.8 Å². The molecule has 2 aromatic rings. The van der Waals surface area contributed by atoms with Crippen LogP contribution in [0.15, 0.2) is 47.4 Å². The first-order valence-electron chi connectivity index (χ1n) is 9.34. The highest BCUT2D eigenvalue weighted by Crippen LogP contribution is 2.55. The first kappa shape index (κ1) is 25.4. The van der Waals surface area contributed by atoms with Crippen molar-refractivity contribution in [2.45, 2.75) is 24.5 Å². The third-order valence-corrected chi connectivity index (χ3v) is 7.98. The summed E-state index contributed by atoms with van der Waals surface area (Å²) in [6.45, 7) is -0.796. The standard InChI is InChI=1S/C17H21N3O11P2/c21-13-11(8-30-33(28,29)9-32(25,26)27)31-16(14(13)22)20-7-6-12(19-17(20)24)18-15(23)10-4-2-1-3-5-10/h1-7,11,13-14,16,21-22H,8-9H2,(H,28,29)(H2,25,26,27)(H,18,19,23,24)/t11-,13-,14-,16-/m1/s1. The summed E-state index contributed by atoms with van der Waals surface area (Å²) >= 11 is 0. The molecule has 0 saturated carbocycles. The summed E-state index contributed by atoms with van der Waals surface area (Å²) in [5.74, 6) is -2.01. The van der Waals surface area contributed by atoms with E-state index in [1.807, 2.05) is 0 Å². The van der Waals surface area contributed by atoms with Crippen molar-refractivity contribution in [3.63, 3.8) is 0 Å². The third-order valence-electron chi connectivity index (χ3n) is 4.52. The molecule has 3 rings (SSSR count). The number of hydrogen-bond donors (Lipinski definition) is 6. The highest BCUT2D eigenvalue weighted by Gasteiger charge is 2.45. The van der Waals surface area contributed by atoms with Crippen LogP contribution in [0.2, 0.25) is 0 Å². The van der Waals surface area contributed by atoms with E-state index in [0.717, 1.165) is 10.8 Å². The molecule has 14 nitrogen and oxygen atoms in total. The zero-order valence-electron chi connectivity index (χ0n) is 16.7. The second-order valence-electron chi connectivity index (χ2n) is 7.11. The zero-order valence-corrected chi connectivity index (χ0v) is 18.5. The van der Waals surface area contributed by atoms with Gasteiger partial charge < -0.3 is 39.5 Å². The van der Waals surface area contributed by atoms with E-state index in [4.69, 9.17) is 14.5 Å².